The third kappa shape index (κ3) is 14.3. The first-order valence-corrected chi connectivity index (χ1v) is 12.9. The maximum Gasteiger partial charge on any atom is 0.326 e. The molecule has 2 amide bonds. The first-order valence-electron chi connectivity index (χ1n) is 12.9. The van der Waals surface area contributed by atoms with Gasteiger partial charge in [-0.1, -0.05) is 48.5 Å². The first kappa shape index (κ1) is 33.0. The number of aliphatic carboxylic acids is 1. The van der Waals surface area contributed by atoms with Crippen LogP contribution in [0.4, 0.5) is 0 Å². The van der Waals surface area contributed by atoms with Crippen LogP contribution in [-0.2, 0) is 19.2 Å². The molecule has 0 saturated heterocycles. The van der Waals surface area contributed by atoms with E-state index in [1.807, 2.05) is 55.4 Å². The van der Waals surface area contributed by atoms with Crippen LogP contribution in [0.3, 0.4) is 0 Å². The molecule has 0 radical (unpaired) electrons. The highest BCUT2D eigenvalue weighted by molar-refractivity contribution is 5.89. The van der Waals surface area contributed by atoms with Crippen molar-refractivity contribution in [3.8, 4) is 0 Å². The number of unbranched alkanes of at least 4 members (excludes halogenated alkanes) is 1. The van der Waals surface area contributed by atoms with Crippen molar-refractivity contribution in [3.63, 3.8) is 0 Å². The largest absolute Gasteiger partial charge is 0.480 e. The number of carbonyl (C=O) groups is 4. The Morgan fingerprint density at radius 2 is 1.40 bits per heavy atom. The molecule has 35 heavy (non-hydrogen) atoms. The minimum atomic E-state index is -1.15. The Bertz CT molecular complexity index is 717. The lowest BCUT2D eigenvalue weighted by molar-refractivity contribution is -0.144. The third-order valence-corrected chi connectivity index (χ3v) is 5.70. The summed E-state index contributed by atoms with van der Waals surface area (Å²) >= 11 is 0. The lowest BCUT2D eigenvalue weighted by Crippen LogP contribution is -2.50. The lowest BCUT2D eigenvalue weighted by Gasteiger charge is -2.31. The molecule has 0 aliphatic rings. The highest BCUT2D eigenvalue weighted by Gasteiger charge is 2.33. The van der Waals surface area contributed by atoms with E-state index in [1.54, 1.807) is 13.8 Å². The predicted octanol–water partition coefficient (Wildman–Crippen LogP) is 4.07. The summed E-state index contributed by atoms with van der Waals surface area (Å²) in [7, 11) is 0. The van der Waals surface area contributed by atoms with E-state index in [1.165, 1.54) is 0 Å². The van der Waals surface area contributed by atoms with Crippen molar-refractivity contribution in [2.24, 2.45) is 16.7 Å². The summed E-state index contributed by atoms with van der Waals surface area (Å²) in [4.78, 5) is 49.2. The zero-order valence-electron chi connectivity index (χ0n) is 23.8. The van der Waals surface area contributed by atoms with Gasteiger partial charge in [-0.25, -0.2) is 4.79 Å². The molecule has 204 valence electrons. The summed E-state index contributed by atoms with van der Waals surface area (Å²) in [6, 6.07) is -1.35. The van der Waals surface area contributed by atoms with Crippen LogP contribution >= 0.6 is 0 Å². The summed E-state index contributed by atoms with van der Waals surface area (Å²) in [5.41, 5.74) is -1.30. The molecule has 0 aliphatic carbocycles. The highest BCUT2D eigenvalue weighted by atomic mass is 16.4. The van der Waals surface area contributed by atoms with Crippen molar-refractivity contribution >= 4 is 23.6 Å². The number of carboxylic acids is 1. The van der Waals surface area contributed by atoms with Gasteiger partial charge in [0.15, 0.2) is 5.78 Å². The SMILES string of the molecule is CC(C)CC(C)(C)C(=O)N[C@@H](CCC(=O)NCCCC[C@H](NC(C)(C)C)C(=O)C(C)(C)C)C(=O)O. The van der Waals surface area contributed by atoms with E-state index in [2.05, 4.69) is 16.0 Å². The summed E-state index contributed by atoms with van der Waals surface area (Å²) in [5, 5.41) is 18.3. The van der Waals surface area contributed by atoms with Gasteiger partial charge in [0, 0.05) is 29.3 Å². The lowest BCUT2D eigenvalue weighted by atomic mass is 9.83. The van der Waals surface area contributed by atoms with E-state index in [-0.39, 0.29) is 42.0 Å². The van der Waals surface area contributed by atoms with Crippen molar-refractivity contribution in [1.82, 2.24) is 16.0 Å². The topological polar surface area (TPSA) is 125 Å². The quantitative estimate of drug-likeness (QED) is 0.253. The van der Waals surface area contributed by atoms with Crippen molar-refractivity contribution in [3.05, 3.63) is 0 Å². The number of hydrogen-bond acceptors (Lipinski definition) is 5. The Morgan fingerprint density at radius 1 is 0.829 bits per heavy atom. The van der Waals surface area contributed by atoms with Crippen molar-refractivity contribution in [2.75, 3.05) is 6.54 Å². The van der Waals surface area contributed by atoms with Crippen LogP contribution in [0.2, 0.25) is 0 Å². The molecular weight excluding hydrogens is 446 g/mol. The van der Waals surface area contributed by atoms with Crippen LogP contribution in [0.1, 0.15) is 108 Å². The molecule has 0 bridgehead atoms. The van der Waals surface area contributed by atoms with Gasteiger partial charge in [-0.05, 0) is 58.8 Å². The number of hydrogen-bond donors (Lipinski definition) is 4. The van der Waals surface area contributed by atoms with Crippen LogP contribution in [-0.4, -0.2) is 52.8 Å². The number of nitrogens with one attached hydrogen (secondary N) is 3. The van der Waals surface area contributed by atoms with Crippen molar-refractivity contribution < 1.29 is 24.3 Å². The van der Waals surface area contributed by atoms with Crippen LogP contribution in [0.25, 0.3) is 0 Å². The molecule has 0 aromatic carbocycles. The Balaban J connectivity index is 4.59. The maximum absolute atomic E-state index is 12.8. The van der Waals surface area contributed by atoms with E-state index in [4.69, 9.17) is 0 Å². The van der Waals surface area contributed by atoms with Crippen LogP contribution in [0.5, 0.6) is 0 Å². The van der Waals surface area contributed by atoms with Gasteiger partial charge in [0.05, 0.1) is 6.04 Å². The third-order valence-electron chi connectivity index (χ3n) is 5.70. The molecule has 0 heterocycles. The van der Waals surface area contributed by atoms with Gasteiger partial charge in [-0.15, -0.1) is 0 Å². The molecule has 4 N–H and O–H groups in total. The number of amides is 2. The zero-order chi connectivity index (χ0) is 27.6. The molecular formula is C27H51N3O5. The molecule has 0 saturated carbocycles. The monoisotopic (exact) mass is 497 g/mol. The van der Waals surface area contributed by atoms with Gasteiger partial charge >= 0.3 is 5.97 Å². The Morgan fingerprint density at radius 3 is 1.86 bits per heavy atom. The van der Waals surface area contributed by atoms with Gasteiger partial charge in [0.2, 0.25) is 11.8 Å². The number of Topliss-reactive ketones (excluding diaryl/α,β-unsaturated/α-hetero) is 1. The van der Waals surface area contributed by atoms with E-state index < -0.39 is 22.8 Å². The van der Waals surface area contributed by atoms with Gasteiger partial charge in [-0.3, -0.25) is 14.4 Å². The second kappa shape index (κ2) is 14.0. The molecule has 0 fully saturated rings. The predicted molar refractivity (Wildman–Crippen MR) is 140 cm³/mol. The standard InChI is InChI=1S/C27H51N3O5/c1-18(2)17-27(9,10)24(35)29-20(23(33)34)14-15-21(31)28-16-12-11-13-19(30-26(6,7)8)22(32)25(3,4)5/h18-20,30H,11-17H2,1-10H3,(H,28,31)(H,29,35)(H,33,34)/t19-,20-/m0/s1. The second-order valence-electron chi connectivity index (χ2n) is 12.8. The minimum Gasteiger partial charge on any atom is -0.480 e. The van der Waals surface area contributed by atoms with E-state index in [0.717, 1.165) is 6.42 Å². The second-order valence-corrected chi connectivity index (χ2v) is 12.8. The molecule has 0 aromatic heterocycles. The molecule has 0 spiro atoms. The zero-order valence-corrected chi connectivity index (χ0v) is 23.8. The van der Waals surface area contributed by atoms with E-state index >= 15 is 0 Å². The normalized spacial score (nSPS) is 14.4. The van der Waals surface area contributed by atoms with E-state index in [9.17, 15) is 24.3 Å². The van der Waals surface area contributed by atoms with Gasteiger partial charge in [-0.2, -0.15) is 0 Å². The van der Waals surface area contributed by atoms with Crippen molar-refractivity contribution in [1.29, 1.82) is 0 Å². The molecule has 8 heteroatoms. The average Bonchev–Trinajstić information content (AvgIpc) is 2.66. The van der Waals surface area contributed by atoms with Gasteiger partial charge in [0.1, 0.15) is 6.04 Å². The highest BCUT2D eigenvalue weighted by Crippen LogP contribution is 2.26. The summed E-state index contributed by atoms with van der Waals surface area (Å²) in [5.74, 6) is -1.23. The molecule has 0 aliphatic heterocycles. The molecule has 8 nitrogen and oxygen atoms in total. The van der Waals surface area contributed by atoms with Gasteiger partial charge < -0.3 is 21.1 Å². The average molecular weight is 498 g/mol. The first-order chi connectivity index (χ1) is 15.8. The molecule has 2 atom stereocenters. The minimum absolute atomic E-state index is 0.0125. The van der Waals surface area contributed by atoms with E-state index in [0.29, 0.717) is 31.7 Å². The Kier molecular flexibility index (Phi) is 13.2. The molecule has 0 rings (SSSR count). The summed E-state index contributed by atoms with van der Waals surface area (Å²) in [6.45, 7) is 19.9. The number of rotatable bonds is 15. The van der Waals surface area contributed by atoms with Crippen LogP contribution in [0.15, 0.2) is 0 Å². The maximum atomic E-state index is 12.8. The Labute approximate surface area is 212 Å². The number of carbonyl (C=O) groups excluding carboxylic acids is 3. The summed E-state index contributed by atoms with van der Waals surface area (Å²) in [6.07, 6.45) is 2.85. The fourth-order valence-corrected chi connectivity index (χ4v) is 4.10. The number of carboxylic acid groups (broad SMARTS) is 1. The fraction of sp³-hybridized carbons (Fsp3) is 0.852. The number of ketones is 1. The van der Waals surface area contributed by atoms with Gasteiger partial charge in [0.25, 0.3) is 0 Å². The fourth-order valence-electron chi connectivity index (χ4n) is 4.10. The smallest absolute Gasteiger partial charge is 0.326 e. The van der Waals surface area contributed by atoms with Crippen LogP contribution in [0, 0.1) is 16.7 Å². The molecule has 0 unspecified atom stereocenters. The van der Waals surface area contributed by atoms with Crippen molar-refractivity contribution in [2.45, 2.75) is 125 Å². The van der Waals surface area contributed by atoms with Crippen LogP contribution < -0.4 is 16.0 Å². The summed E-state index contributed by atoms with van der Waals surface area (Å²) < 4.78 is 0. The Hall–Kier alpha value is -1.96. The molecule has 0 aromatic rings.